The molecule has 1 aliphatic heterocycles. The summed E-state index contributed by atoms with van der Waals surface area (Å²) in [7, 11) is 0. The predicted octanol–water partition coefficient (Wildman–Crippen LogP) is 2.81. The van der Waals surface area contributed by atoms with E-state index in [4.69, 9.17) is 4.84 Å². The fourth-order valence-corrected chi connectivity index (χ4v) is 2.86. The summed E-state index contributed by atoms with van der Waals surface area (Å²) in [6.07, 6.45) is 3.03. The van der Waals surface area contributed by atoms with Gasteiger partial charge in [-0.1, -0.05) is 47.6 Å². The number of amides is 1. The minimum Gasteiger partial charge on any atom is -0.382 e. The van der Waals surface area contributed by atoms with Crippen molar-refractivity contribution in [3.8, 4) is 0 Å². The number of benzene rings is 2. The van der Waals surface area contributed by atoms with Gasteiger partial charge in [0.25, 0.3) is 5.91 Å². The van der Waals surface area contributed by atoms with Gasteiger partial charge in [-0.3, -0.25) is 4.79 Å². The van der Waals surface area contributed by atoms with Gasteiger partial charge >= 0.3 is 0 Å². The first-order valence-electron chi connectivity index (χ1n) is 7.78. The van der Waals surface area contributed by atoms with E-state index in [1.54, 1.807) is 0 Å². The fraction of sp³-hybridized carbons (Fsp3) is 0.333. The smallest absolute Gasteiger partial charge is 0.264 e. The van der Waals surface area contributed by atoms with Crippen molar-refractivity contribution in [3.63, 3.8) is 0 Å². The quantitative estimate of drug-likeness (QED) is 0.942. The lowest BCUT2D eigenvalue weighted by Crippen LogP contribution is -2.36. The van der Waals surface area contributed by atoms with E-state index in [1.807, 2.05) is 12.1 Å². The Bertz CT molecular complexity index is 744. The Morgan fingerprint density at radius 1 is 1.18 bits per heavy atom. The summed E-state index contributed by atoms with van der Waals surface area (Å²) in [5.41, 5.74) is 2.16. The molecular formula is C18H18N2O2. The lowest BCUT2D eigenvalue weighted by Gasteiger charge is -2.08. The van der Waals surface area contributed by atoms with Gasteiger partial charge < -0.3 is 10.2 Å². The Hall–Kier alpha value is -2.36. The van der Waals surface area contributed by atoms with Crippen molar-refractivity contribution in [2.24, 2.45) is 5.16 Å². The molecule has 4 nitrogen and oxygen atoms in total. The Morgan fingerprint density at radius 2 is 2.00 bits per heavy atom. The molecule has 1 atom stereocenters. The summed E-state index contributed by atoms with van der Waals surface area (Å²) in [5.74, 6) is -0.0285. The van der Waals surface area contributed by atoms with Gasteiger partial charge in [0, 0.05) is 18.9 Å². The minimum absolute atomic E-state index is 0.0285. The number of hydrogen-bond donors (Lipinski definition) is 1. The van der Waals surface area contributed by atoms with Crippen LogP contribution in [0, 0.1) is 0 Å². The van der Waals surface area contributed by atoms with Crippen LogP contribution in [0.3, 0.4) is 0 Å². The minimum atomic E-state index is -0.453. The number of oxime groups is 1. The molecule has 4 heteroatoms. The predicted molar refractivity (Wildman–Crippen MR) is 85.7 cm³/mol. The summed E-state index contributed by atoms with van der Waals surface area (Å²) < 4.78 is 0. The van der Waals surface area contributed by atoms with E-state index in [0.29, 0.717) is 12.5 Å². The van der Waals surface area contributed by atoms with E-state index >= 15 is 0 Å². The molecule has 0 bridgehead atoms. The van der Waals surface area contributed by atoms with Crippen LogP contribution in [0.5, 0.6) is 0 Å². The molecule has 2 aromatic rings. The average molecular weight is 294 g/mol. The van der Waals surface area contributed by atoms with E-state index in [-0.39, 0.29) is 5.91 Å². The van der Waals surface area contributed by atoms with Gasteiger partial charge in [-0.2, -0.15) is 0 Å². The number of nitrogens with one attached hydrogen (secondary N) is 1. The summed E-state index contributed by atoms with van der Waals surface area (Å²) >= 11 is 0. The van der Waals surface area contributed by atoms with Crippen LogP contribution in [0.25, 0.3) is 10.8 Å². The van der Waals surface area contributed by atoms with Crippen molar-refractivity contribution in [1.82, 2.24) is 5.32 Å². The van der Waals surface area contributed by atoms with E-state index in [1.165, 1.54) is 16.3 Å². The molecule has 4 rings (SSSR count). The second-order valence-corrected chi connectivity index (χ2v) is 6.05. The molecule has 0 spiro atoms. The molecule has 0 radical (unpaired) electrons. The zero-order chi connectivity index (χ0) is 14.9. The molecule has 1 fully saturated rings. The van der Waals surface area contributed by atoms with Gasteiger partial charge in [-0.05, 0) is 29.2 Å². The molecule has 2 aromatic carbocycles. The molecule has 0 saturated heterocycles. The molecule has 22 heavy (non-hydrogen) atoms. The standard InChI is InChI=1S/C18H18N2O2/c21-18(19-14-8-9-14)17-11-15(20-22-17)10-13-6-3-5-12-4-1-2-7-16(12)13/h1-7,14,17H,8-11H2,(H,19,21)/t17-/m1/s1. The van der Waals surface area contributed by atoms with Gasteiger partial charge in [0.2, 0.25) is 6.10 Å². The molecule has 0 aromatic heterocycles. The molecule has 112 valence electrons. The maximum Gasteiger partial charge on any atom is 0.264 e. The molecule has 1 amide bonds. The monoisotopic (exact) mass is 294 g/mol. The normalized spacial score (nSPS) is 20.5. The number of carbonyl (C=O) groups excluding carboxylic acids is 1. The zero-order valence-corrected chi connectivity index (χ0v) is 12.3. The van der Waals surface area contributed by atoms with E-state index in [2.05, 4.69) is 40.8 Å². The van der Waals surface area contributed by atoms with Crippen molar-refractivity contribution in [2.75, 3.05) is 0 Å². The van der Waals surface area contributed by atoms with Crippen LogP contribution in [0.4, 0.5) is 0 Å². The van der Waals surface area contributed by atoms with E-state index < -0.39 is 6.10 Å². The molecule has 2 aliphatic rings. The third-order valence-corrected chi connectivity index (χ3v) is 4.22. The van der Waals surface area contributed by atoms with Crippen LogP contribution in [-0.2, 0) is 16.1 Å². The Labute approximate surface area is 129 Å². The fourth-order valence-electron chi connectivity index (χ4n) is 2.86. The lowest BCUT2D eigenvalue weighted by molar-refractivity contribution is -0.131. The van der Waals surface area contributed by atoms with Crippen LogP contribution < -0.4 is 5.32 Å². The van der Waals surface area contributed by atoms with Crippen LogP contribution in [-0.4, -0.2) is 23.8 Å². The molecule has 1 saturated carbocycles. The van der Waals surface area contributed by atoms with E-state index in [0.717, 1.165) is 25.0 Å². The molecule has 0 unspecified atom stereocenters. The molecule has 1 aliphatic carbocycles. The summed E-state index contributed by atoms with van der Waals surface area (Å²) in [6, 6.07) is 15.0. The van der Waals surface area contributed by atoms with Gasteiger partial charge in [0.05, 0.1) is 5.71 Å². The number of fused-ring (bicyclic) bond motifs is 1. The van der Waals surface area contributed by atoms with Crippen molar-refractivity contribution in [1.29, 1.82) is 0 Å². The Morgan fingerprint density at radius 3 is 2.86 bits per heavy atom. The van der Waals surface area contributed by atoms with Crippen LogP contribution in [0.2, 0.25) is 0 Å². The van der Waals surface area contributed by atoms with Crippen molar-refractivity contribution < 1.29 is 9.63 Å². The number of rotatable bonds is 4. The topological polar surface area (TPSA) is 50.7 Å². The third kappa shape index (κ3) is 2.69. The van der Waals surface area contributed by atoms with Crippen LogP contribution >= 0.6 is 0 Å². The second-order valence-electron chi connectivity index (χ2n) is 6.05. The highest BCUT2D eigenvalue weighted by Gasteiger charge is 2.32. The molecule has 1 N–H and O–H groups in total. The first-order chi connectivity index (χ1) is 10.8. The van der Waals surface area contributed by atoms with Gasteiger partial charge in [0.1, 0.15) is 0 Å². The maximum atomic E-state index is 12.0. The summed E-state index contributed by atoms with van der Waals surface area (Å²) in [4.78, 5) is 17.3. The maximum absolute atomic E-state index is 12.0. The number of nitrogens with zero attached hydrogens (tertiary/aromatic N) is 1. The van der Waals surface area contributed by atoms with Crippen molar-refractivity contribution in [3.05, 3.63) is 48.0 Å². The van der Waals surface area contributed by atoms with Gasteiger partial charge in [0.15, 0.2) is 0 Å². The van der Waals surface area contributed by atoms with Gasteiger partial charge in [-0.15, -0.1) is 0 Å². The van der Waals surface area contributed by atoms with Gasteiger partial charge in [-0.25, -0.2) is 0 Å². The number of carbonyl (C=O) groups is 1. The number of hydrogen-bond acceptors (Lipinski definition) is 3. The third-order valence-electron chi connectivity index (χ3n) is 4.22. The first-order valence-corrected chi connectivity index (χ1v) is 7.78. The SMILES string of the molecule is O=C(NC1CC1)[C@H]1CC(Cc2cccc3ccccc23)=NO1. The molecule has 1 heterocycles. The molecular weight excluding hydrogens is 276 g/mol. The Balaban J connectivity index is 1.46. The van der Waals surface area contributed by atoms with Crippen molar-refractivity contribution in [2.45, 2.75) is 37.8 Å². The highest BCUT2D eigenvalue weighted by Crippen LogP contribution is 2.23. The zero-order valence-electron chi connectivity index (χ0n) is 12.3. The largest absolute Gasteiger partial charge is 0.382 e. The lowest BCUT2D eigenvalue weighted by atomic mass is 9.98. The average Bonchev–Trinajstić information content (AvgIpc) is 3.23. The van der Waals surface area contributed by atoms with Crippen LogP contribution in [0.1, 0.15) is 24.8 Å². The summed E-state index contributed by atoms with van der Waals surface area (Å²) in [5, 5.41) is 9.56. The van der Waals surface area contributed by atoms with Crippen LogP contribution in [0.15, 0.2) is 47.6 Å². The summed E-state index contributed by atoms with van der Waals surface area (Å²) in [6.45, 7) is 0. The van der Waals surface area contributed by atoms with E-state index in [9.17, 15) is 4.79 Å². The highest BCUT2D eigenvalue weighted by molar-refractivity contribution is 5.97. The first kappa shape index (κ1) is 13.3. The second kappa shape index (κ2) is 5.44. The van der Waals surface area contributed by atoms with Crippen molar-refractivity contribution >= 4 is 22.4 Å². The highest BCUT2D eigenvalue weighted by atomic mass is 16.6. The Kier molecular flexibility index (Phi) is 3.29.